The van der Waals surface area contributed by atoms with Crippen molar-refractivity contribution < 1.29 is 34.2 Å². The zero-order valence-corrected chi connectivity index (χ0v) is 14.7. The van der Waals surface area contributed by atoms with Crippen molar-refractivity contribution in [3.8, 4) is 5.75 Å². The van der Waals surface area contributed by atoms with Crippen LogP contribution in [0.5, 0.6) is 5.75 Å². The Hall–Kier alpha value is -0.980. The normalized spacial score (nSPS) is 17.6. The first kappa shape index (κ1) is 19.3. The highest BCUT2D eigenvalue weighted by atomic mass is 32.3. The molecule has 1 fully saturated rings. The third-order valence-corrected chi connectivity index (χ3v) is 8.38. The van der Waals surface area contributed by atoms with Crippen LogP contribution in [-0.4, -0.2) is 33.8 Å². The molecular weight excluding hydrogens is 391 g/mol. The summed E-state index contributed by atoms with van der Waals surface area (Å²) >= 11 is 0. The summed E-state index contributed by atoms with van der Waals surface area (Å²) in [5, 5.41) is 0. The van der Waals surface area contributed by atoms with E-state index in [0.717, 1.165) is 29.2 Å². The topological polar surface area (TPSA) is 89.5 Å². The zero-order valence-electron chi connectivity index (χ0n) is 12.2. The Bertz CT molecular complexity index is 769. The van der Waals surface area contributed by atoms with E-state index in [2.05, 4.69) is 4.18 Å². The minimum Gasteiger partial charge on any atom is -0.370 e. The molecule has 0 radical (unpaired) electrons. The number of alkyl halides is 3. The first-order valence-corrected chi connectivity index (χ1v) is 11.3. The van der Waals surface area contributed by atoms with Gasteiger partial charge in [-0.3, -0.25) is 0 Å². The van der Waals surface area contributed by atoms with Gasteiger partial charge < -0.3 is 4.18 Å². The minimum atomic E-state index is -6.06. The van der Waals surface area contributed by atoms with Crippen LogP contribution in [0.2, 0.25) is 0 Å². The number of rotatable bonds is 5. The second-order valence-corrected chi connectivity index (χ2v) is 10.5. The number of halogens is 3. The first-order valence-electron chi connectivity index (χ1n) is 6.82. The smallest absolute Gasteiger partial charge is 0.370 e. The molecule has 0 unspecified atom stereocenters. The lowest BCUT2D eigenvalue weighted by Crippen LogP contribution is -2.42. The molecule has 1 aromatic carbocycles. The highest BCUT2D eigenvalue weighted by Gasteiger charge is 2.48. The van der Waals surface area contributed by atoms with Gasteiger partial charge in [-0.05, 0) is 43.5 Å². The van der Waals surface area contributed by atoms with Crippen molar-refractivity contribution in [3.63, 3.8) is 0 Å². The minimum absolute atomic E-state index is 0.0676. The molecule has 0 aromatic heterocycles. The summed E-state index contributed by atoms with van der Waals surface area (Å²) in [5.74, 6) is 1.82. The van der Waals surface area contributed by atoms with Gasteiger partial charge in [-0.25, -0.2) is 8.42 Å². The highest BCUT2D eigenvalue weighted by Crippen LogP contribution is 2.26. The van der Waals surface area contributed by atoms with Crippen molar-refractivity contribution in [2.45, 2.75) is 29.7 Å². The van der Waals surface area contributed by atoms with E-state index in [1.54, 1.807) is 12.1 Å². The van der Waals surface area contributed by atoms with Gasteiger partial charge in [-0.1, -0.05) is 4.13 Å². The SMILES string of the molecule is O=S(=O)(NS(=O)(=O)C(F)(F)F)Oc1ccc([S+]2CCCCC2)cc1. The Morgan fingerprint density at radius 3 is 2.00 bits per heavy atom. The van der Waals surface area contributed by atoms with Crippen LogP contribution >= 0.6 is 0 Å². The lowest BCUT2D eigenvalue weighted by molar-refractivity contribution is -0.0442. The zero-order chi connectivity index (χ0) is 18.0. The Kier molecular flexibility index (Phi) is 5.72. The summed E-state index contributed by atoms with van der Waals surface area (Å²) < 4.78 is 86.0. The average Bonchev–Trinajstić information content (AvgIpc) is 2.46. The van der Waals surface area contributed by atoms with E-state index >= 15 is 0 Å². The second kappa shape index (κ2) is 7.10. The Balaban J connectivity index is 2.07. The molecule has 0 bridgehead atoms. The van der Waals surface area contributed by atoms with Crippen molar-refractivity contribution in [1.82, 2.24) is 4.13 Å². The Labute approximate surface area is 141 Å². The number of nitrogens with one attached hydrogen (secondary N) is 1. The summed E-state index contributed by atoms with van der Waals surface area (Å²) in [6.45, 7) is 0. The fourth-order valence-corrected chi connectivity index (χ4v) is 6.34. The van der Waals surface area contributed by atoms with Crippen molar-refractivity contribution in [1.29, 1.82) is 0 Å². The maximum Gasteiger partial charge on any atom is 0.512 e. The maximum absolute atomic E-state index is 12.2. The Morgan fingerprint density at radius 2 is 1.50 bits per heavy atom. The van der Waals surface area contributed by atoms with Gasteiger partial charge in [0.25, 0.3) is 0 Å². The highest BCUT2D eigenvalue weighted by molar-refractivity contribution is 8.03. The third-order valence-electron chi connectivity index (χ3n) is 3.16. The molecule has 136 valence electrons. The van der Waals surface area contributed by atoms with Crippen LogP contribution in [0, 0.1) is 0 Å². The molecule has 1 saturated heterocycles. The van der Waals surface area contributed by atoms with Gasteiger partial charge in [0.1, 0.15) is 17.3 Å². The summed E-state index contributed by atoms with van der Waals surface area (Å²) in [4.78, 5) is 1.01. The molecule has 0 aliphatic carbocycles. The first-order chi connectivity index (χ1) is 11.0. The number of hydrogen-bond acceptors (Lipinski definition) is 5. The molecule has 1 aromatic rings. The van der Waals surface area contributed by atoms with E-state index in [-0.39, 0.29) is 16.6 Å². The number of hydrogen-bond donors (Lipinski definition) is 1. The van der Waals surface area contributed by atoms with Gasteiger partial charge >= 0.3 is 25.8 Å². The molecule has 0 atom stereocenters. The molecule has 1 aliphatic heterocycles. The average molecular weight is 406 g/mol. The van der Waals surface area contributed by atoms with Crippen LogP contribution < -0.4 is 8.31 Å². The van der Waals surface area contributed by atoms with Gasteiger partial charge in [0, 0.05) is 10.9 Å². The Morgan fingerprint density at radius 1 is 0.958 bits per heavy atom. The molecule has 1 N–H and O–H groups in total. The van der Waals surface area contributed by atoms with Crippen LogP contribution in [0.15, 0.2) is 29.2 Å². The summed E-state index contributed by atoms with van der Waals surface area (Å²) in [5.41, 5.74) is -5.75. The van der Waals surface area contributed by atoms with E-state index in [0.29, 0.717) is 4.13 Å². The van der Waals surface area contributed by atoms with Gasteiger partial charge in [-0.2, -0.15) is 21.6 Å². The predicted molar refractivity (Wildman–Crippen MR) is 83.3 cm³/mol. The van der Waals surface area contributed by atoms with Gasteiger partial charge in [0.05, 0.1) is 0 Å². The van der Waals surface area contributed by atoms with E-state index in [1.165, 1.54) is 18.6 Å². The molecule has 24 heavy (non-hydrogen) atoms. The molecule has 0 amide bonds. The molecule has 0 saturated carbocycles. The molecular formula is C12H15F3NO5S3+. The van der Waals surface area contributed by atoms with Crippen LogP contribution in [0.4, 0.5) is 13.2 Å². The van der Waals surface area contributed by atoms with E-state index in [1.807, 2.05) is 0 Å². The quantitative estimate of drug-likeness (QED) is 0.755. The lowest BCUT2D eigenvalue weighted by Gasteiger charge is -2.14. The molecule has 2 rings (SSSR count). The van der Waals surface area contributed by atoms with Gasteiger partial charge in [-0.15, -0.1) is 0 Å². The summed E-state index contributed by atoms with van der Waals surface area (Å²) in [6, 6.07) is 5.85. The van der Waals surface area contributed by atoms with Crippen LogP contribution in [0.3, 0.4) is 0 Å². The van der Waals surface area contributed by atoms with Crippen LogP contribution in [0.25, 0.3) is 0 Å². The predicted octanol–water partition coefficient (Wildman–Crippen LogP) is 1.91. The fraction of sp³-hybridized carbons (Fsp3) is 0.500. The van der Waals surface area contributed by atoms with Crippen molar-refractivity contribution >= 4 is 31.2 Å². The maximum atomic E-state index is 12.2. The number of benzene rings is 1. The molecule has 1 aliphatic rings. The van der Waals surface area contributed by atoms with Crippen molar-refractivity contribution in [3.05, 3.63) is 24.3 Å². The molecule has 1 heterocycles. The summed E-state index contributed by atoms with van der Waals surface area (Å²) in [7, 11) is -11.2. The van der Waals surface area contributed by atoms with Gasteiger partial charge in [0.15, 0.2) is 4.90 Å². The third kappa shape index (κ3) is 5.01. The van der Waals surface area contributed by atoms with Crippen LogP contribution in [-0.2, 0) is 31.2 Å². The van der Waals surface area contributed by atoms with Gasteiger partial charge in [0.2, 0.25) is 0 Å². The second-order valence-electron chi connectivity index (χ2n) is 5.00. The van der Waals surface area contributed by atoms with Crippen molar-refractivity contribution in [2.24, 2.45) is 0 Å². The standard InChI is InChI=1S/C12H15F3NO5S3/c13-12(14,15)23(17,18)16-24(19,20)21-10-4-6-11(7-5-10)22-8-2-1-3-9-22/h4-7,16H,1-3,8-9H2/q+1. The largest absolute Gasteiger partial charge is 0.512 e. The summed E-state index contributed by atoms with van der Waals surface area (Å²) in [6.07, 6.45) is 3.42. The van der Waals surface area contributed by atoms with E-state index in [9.17, 15) is 30.0 Å². The fourth-order valence-electron chi connectivity index (χ4n) is 2.08. The van der Waals surface area contributed by atoms with E-state index in [4.69, 9.17) is 0 Å². The van der Waals surface area contributed by atoms with Crippen LogP contribution in [0.1, 0.15) is 19.3 Å². The number of sulfonamides is 1. The molecule has 0 spiro atoms. The van der Waals surface area contributed by atoms with Crippen molar-refractivity contribution in [2.75, 3.05) is 11.5 Å². The molecule has 12 heteroatoms. The lowest BCUT2D eigenvalue weighted by atomic mass is 10.3. The molecule has 6 nitrogen and oxygen atoms in total. The van der Waals surface area contributed by atoms with E-state index < -0.39 is 25.8 Å². The monoisotopic (exact) mass is 406 g/mol.